The van der Waals surface area contributed by atoms with Crippen molar-refractivity contribution in [2.24, 2.45) is 0 Å². The summed E-state index contributed by atoms with van der Waals surface area (Å²) < 4.78 is 2.36. The second-order valence-electron chi connectivity index (χ2n) is 13.3. The van der Waals surface area contributed by atoms with E-state index in [9.17, 15) is 0 Å². The molecule has 1 atom stereocenters. The summed E-state index contributed by atoms with van der Waals surface area (Å²) in [5.41, 5.74) is 3.98. The third kappa shape index (κ3) is 5.00. The fourth-order valence-corrected chi connectivity index (χ4v) is 15.3. The van der Waals surface area contributed by atoms with Gasteiger partial charge in [-0.15, -0.1) is 0 Å². The van der Waals surface area contributed by atoms with Crippen LogP contribution < -0.4 is 31.8 Å². The number of hydrogen-bond donors (Lipinski definition) is 0. The van der Waals surface area contributed by atoms with E-state index < -0.39 is 12.1 Å². The standard InChI is InChI=1S/C46H31N3P2S2/c52-50(33-13-4-1-5-14-33,34-15-6-2-7-16-34)37-22-25-43-42(30-37)48-46-45-39-19-11-10-12-32(39)20-23-41(45)40-24-21-38(31-44(40)49(43)46)51(53,35-17-8-3-9-18-35)36-26-28-47-29-27-36/h1-31H. The third-order valence-corrected chi connectivity index (χ3v) is 20.3. The van der Waals surface area contributed by atoms with E-state index in [0.717, 1.165) is 54.2 Å². The van der Waals surface area contributed by atoms with Gasteiger partial charge >= 0.3 is 0 Å². The van der Waals surface area contributed by atoms with Gasteiger partial charge in [0.05, 0.1) is 16.6 Å². The highest BCUT2D eigenvalue weighted by molar-refractivity contribution is 8.26. The van der Waals surface area contributed by atoms with Gasteiger partial charge in [-0.25, -0.2) is 4.98 Å². The zero-order chi connectivity index (χ0) is 35.6. The first-order valence-corrected chi connectivity index (χ1v) is 23.1. The van der Waals surface area contributed by atoms with Crippen LogP contribution in [-0.2, 0) is 23.6 Å². The van der Waals surface area contributed by atoms with E-state index in [0.29, 0.717) is 0 Å². The topological polar surface area (TPSA) is 30.2 Å². The number of pyridine rings is 2. The lowest BCUT2D eigenvalue weighted by molar-refractivity contribution is 1.32. The summed E-state index contributed by atoms with van der Waals surface area (Å²) in [6, 6.07) is 57.8. The van der Waals surface area contributed by atoms with Crippen molar-refractivity contribution < 1.29 is 0 Å². The van der Waals surface area contributed by atoms with Crippen molar-refractivity contribution in [3.8, 4) is 0 Å². The van der Waals surface area contributed by atoms with E-state index in [-0.39, 0.29) is 0 Å². The minimum Gasteiger partial charge on any atom is -0.292 e. The molecule has 0 saturated carbocycles. The molecule has 0 aliphatic heterocycles. The van der Waals surface area contributed by atoms with Crippen LogP contribution in [0.3, 0.4) is 0 Å². The summed E-state index contributed by atoms with van der Waals surface area (Å²) in [6.07, 6.45) is 3.70. The van der Waals surface area contributed by atoms with Gasteiger partial charge in [0.25, 0.3) is 0 Å². The van der Waals surface area contributed by atoms with Gasteiger partial charge in [-0.05, 0) is 78.3 Å². The Kier molecular flexibility index (Phi) is 7.75. The number of imidazole rings is 1. The molecule has 0 aliphatic rings. The molecule has 7 heteroatoms. The number of hydrogen-bond acceptors (Lipinski definition) is 4. The van der Waals surface area contributed by atoms with Crippen molar-refractivity contribution in [2.45, 2.75) is 0 Å². The average molecular weight is 752 g/mol. The first-order valence-electron chi connectivity index (χ1n) is 17.5. The highest BCUT2D eigenvalue weighted by Gasteiger charge is 2.28. The van der Waals surface area contributed by atoms with E-state index in [4.69, 9.17) is 28.6 Å². The Labute approximate surface area is 317 Å². The third-order valence-electron chi connectivity index (χ3n) is 10.4. The maximum Gasteiger partial charge on any atom is 0.147 e. The lowest BCUT2D eigenvalue weighted by Gasteiger charge is -2.25. The van der Waals surface area contributed by atoms with Gasteiger partial charge in [-0.1, -0.05) is 169 Å². The monoisotopic (exact) mass is 751 g/mol. The van der Waals surface area contributed by atoms with Crippen LogP contribution in [0.5, 0.6) is 0 Å². The lowest BCUT2D eigenvalue weighted by Crippen LogP contribution is -2.25. The van der Waals surface area contributed by atoms with Crippen LogP contribution in [0, 0.1) is 0 Å². The average Bonchev–Trinajstić information content (AvgIpc) is 3.63. The quantitative estimate of drug-likeness (QED) is 0.126. The number of aromatic nitrogens is 3. The molecule has 0 N–H and O–H groups in total. The molecule has 0 radical (unpaired) electrons. The molecule has 3 nitrogen and oxygen atoms in total. The first kappa shape index (κ1) is 32.4. The summed E-state index contributed by atoms with van der Waals surface area (Å²) in [5.74, 6) is 0. The van der Waals surface area contributed by atoms with Crippen LogP contribution >= 0.6 is 12.1 Å². The Hall–Kier alpha value is -5.28. The van der Waals surface area contributed by atoms with Gasteiger partial charge in [0, 0.05) is 35.2 Å². The lowest BCUT2D eigenvalue weighted by atomic mass is 9.99. The molecule has 0 bridgehead atoms. The zero-order valence-electron chi connectivity index (χ0n) is 28.5. The van der Waals surface area contributed by atoms with E-state index in [1.807, 2.05) is 12.4 Å². The van der Waals surface area contributed by atoms with Gasteiger partial charge in [0.1, 0.15) is 5.65 Å². The smallest absolute Gasteiger partial charge is 0.147 e. The van der Waals surface area contributed by atoms with Crippen molar-refractivity contribution in [3.63, 3.8) is 0 Å². The molecule has 10 rings (SSSR count). The van der Waals surface area contributed by atoms with Gasteiger partial charge in [0.15, 0.2) is 0 Å². The molecular weight excluding hydrogens is 721 g/mol. The summed E-state index contributed by atoms with van der Waals surface area (Å²) in [6.45, 7) is 0. The molecule has 0 spiro atoms. The minimum atomic E-state index is -2.45. The Balaban J connectivity index is 1.32. The van der Waals surface area contributed by atoms with Crippen molar-refractivity contribution in [1.82, 2.24) is 14.4 Å². The summed E-state index contributed by atoms with van der Waals surface area (Å²) >= 11 is 13.6. The van der Waals surface area contributed by atoms with Crippen LogP contribution in [0.25, 0.3) is 49.1 Å². The largest absolute Gasteiger partial charge is 0.292 e. The van der Waals surface area contributed by atoms with E-state index in [2.05, 4.69) is 185 Å². The SMILES string of the molecule is S=P(c1ccccc1)(c1ccccc1)c1ccc2c(c1)nc1c3c4ccccc4ccc3c3ccc(P(=S)(c4ccccc4)c4ccncc4)cc3n21. The molecule has 10 aromatic rings. The number of fused-ring (bicyclic) bond motifs is 10. The fourth-order valence-electron chi connectivity index (χ4n) is 7.90. The normalized spacial score (nSPS) is 13.2. The van der Waals surface area contributed by atoms with Crippen molar-refractivity contribution in [3.05, 3.63) is 188 Å². The van der Waals surface area contributed by atoms with Gasteiger partial charge < -0.3 is 0 Å². The molecule has 0 fully saturated rings. The molecule has 252 valence electrons. The van der Waals surface area contributed by atoms with E-state index in [1.54, 1.807) is 0 Å². The summed E-state index contributed by atoms with van der Waals surface area (Å²) in [7, 11) is 0. The number of nitrogens with zero attached hydrogens (tertiary/aromatic N) is 3. The number of benzene rings is 7. The van der Waals surface area contributed by atoms with E-state index >= 15 is 0 Å². The first-order chi connectivity index (χ1) is 26.0. The molecular formula is C46H31N3P2S2. The predicted molar refractivity (Wildman–Crippen MR) is 235 cm³/mol. The van der Waals surface area contributed by atoms with Gasteiger partial charge in [-0.2, -0.15) is 0 Å². The van der Waals surface area contributed by atoms with Gasteiger partial charge in [-0.3, -0.25) is 9.38 Å². The predicted octanol–water partition coefficient (Wildman–Crippen LogP) is 8.85. The maximum atomic E-state index is 6.82. The molecule has 3 aromatic heterocycles. The van der Waals surface area contributed by atoms with Crippen LogP contribution in [0.4, 0.5) is 0 Å². The second-order valence-corrected chi connectivity index (χ2v) is 22.1. The second kappa shape index (κ2) is 12.7. The maximum absolute atomic E-state index is 6.82. The van der Waals surface area contributed by atoms with E-state index in [1.165, 1.54) is 26.8 Å². The zero-order valence-corrected chi connectivity index (χ0v) is 31.9. The van der Waals surface area contributed by atoms with Crippen LogP contribution in [-0.4, -0.2) is 14.4 Å². The van der Waals surface area contributed by atoms with Crippen LogP contribution in [0.15, 0.2) is 188 Å². The molecule has 7 aromatic carbocycles. The molecule has 0 aliphatic carbocycles. The Morgan fingerprint density at radius 2 is 0.943 bits per heavy atom. The highest BCUT2D eigenvalue weighted by atomic mass is 32.4. The van der Waals surface area contributed by atoms with Crippen molar-refractivity contribution >= 4 is 117 Å². The Bertz CT molecular complexity index is 3030. The molecule has 53 heavy (non-hydrogen) atoms. The Morgan fingerprint density at radius 3 is 1.58 bits per heavy atom. The fraction of sp³-hybridized carbons (Fsp3) is 0. The molecule has 0 saturated heterocycles. The summed E-state index contributed by atoms with van der Waals surface area (Å²) in [5, 5.41) is 12.7. The molecule has 0 amide bonds. The van der Waals surface area contributed by atoms with Gasteiger partial charge in [0.2, 0.25) is 0 Å². The highest BCUT2D eigenvalue weighted by Crippen LogP contribution is 2.46. The molecule has 1 unspecified atom stereocenters. The summed E-state index contributed by atoms with van der Waals surface area (Å²) in [4.78, 5) is 9.86. The minimum absolute atomic E-state index is 0.923. The number of rotatable bonds is 6. The van der Waals surface area contributed by atoms with Crippen molar-refractivity contribution in [2.75, 3.05) is 0 Å². The van der Waals surface area contributed by atoms with Crippen LogP contribution in [0.1, 0.15) is 0 Å². The van der Waals surface area contributed by atoms with Crippen LogP contribution in [0.2, 0.25) is 0 Å². The van der Waals surface area contributed by atoms with Crippen molar-refractivity contribution in [1.29, 1.82) is 0 Å². The Morgan fingerprint density at radius 1 is 0.415 bits per heavy atom. The molecule has 3 heterocycles.